The Balaban J connectivity index is 1.71. The van der Waals surface area contributed by atoms with Crippen LogP contribution in [0.2, 0.25) is 0 Å². The van der Waals surface area contributed by atoms with Crippen LogP contribution in [0.4, 0.5) is 5.69 Å². The third kappa shape index (κ3) is 5.09. The zero-order valence-corrected chi connectivity index (χ0v) is 16.0. The van der Waals surface area contributed by atoms with Crippen molar-refractivity contribution < 1.29 is 13.2 Å². The fourth-order valence-electron chi connectivity index (χ4n) is 2.86. The highest BCUT2D eigenvalue weighted by atomic mass is 32.2. The Bertz CT molecular complexity index is 848. The van der Waals surface area contributed by atoms with Gasteiger partial charge in [0.15, 0.2) is 9.84 Å². The second-order valence-electron chi connectivity index (χ2n) is 6.21. The van der Waals surface area contributed by atoms with Crippen molar-refractivity contribution in [3.8, 4) is 0 Å². The van der Waals surface area contributed by atoms with Crippen LogP contribution >= 0.6 is 11.8 Å². The fraction of sp³-hybridized carbons (Fsp3) is 0.316. The lowest BCUT2D eigenvalue weighted by atomic mass is 10.1. The van der Waals surface area contributed by atoms with Gasteiger partial charge in [0.25, 0.3) is 0 Å². The van der Waals surface area contributed by atoms with Crippen molar-refractivity contribution in [1.82, 2.24) is 5.32 Å². The summed E-state index contributed by atoms with van der Waals surface area (Å²) in [7, 11) is -3.47. The van der Waals surface area contributed by atoms with Gasteiger partial charge >= 0.3 is 0 Å². The second kappa shape index (κ2) is 8.70. The summed E-state index contributed by atoms with van der Waals surface area (Å²) in [6.45, 7) is 0.911. The number of rotatable bonds is 6. The molecule has 5 nitrogen and oxygen atoms in total. The summed E-state index contributed by atoms with van der Waals surface area (Å²) in [6.07, 6.45) is 0.382. The molecule has 1 fully saturated rings. The van der Waals surface area contributed by atoms with E-state index in [9.17, 15) is 13.2 Å². The van der Waals surface area contributed by atoms with Gasteiger partial charge in [-0.1, -0.05) is 36.4 Å². The number of para-hydroxylation sites is 1. The molecule has 2 aromatic carbocycles. The highest BCUT2D eigenvalue weighted by molar-refractivity contribution is 7.99. The number of thioether (sulfide) groups is 1. The van der Waals surface area contributed by atoms with Crippen molar-refractivity contribution in [1.29, 1.82) is 0 Å². The van der Waals surface area contributed by atoms with Gasteiger partial charge in [0, 0.05) is 36.2 Å². The van der Waals surface area contributed by atoms with Gasteiger partial charge in [0.2, 0.25) is 5.91 Å². The lowest BCUT2D eigenvalue weighted by Gasteiger charge is -2.22. The Morgan fingerprint density at radius 3 is 2.58 bits per heavy atom. The summed E-state index contributed by atoms with van der Waals surface area (Å²) in [5, 5.41) is 6.21. The van der Waals surface area contributed by atoms with E-state index in [2.05, 4.69) is 10.6 Å². The van der Waals surface area contributed by atoms with Crippen molar-refractivity contribution in [3.63, 3.8) is 0 Å². The van der Waals surface area contributed by atoms with Crippen LogP contribution in [-0.4, -0.2) is 38.4 Å². The molecule has 1 aliphatic rings. The molecule has 7 heteroatoms. The van der Waals surface area contributed by atoms with Crippen LogP contribution in [0.15, 0.2) is 59.5 Å². The number of carbonyl (C=O) groups is 1. The van der Waals surface area contributed by atoms with Gasteiger partial charge < -0.3 is 10.6 Å². The molecule has 0 saturated carbocycles. The molecule has 1 aliphatic heterocycles. The second-order valence-corrected chi connectivity index (χ2v) is 9.35. The first-order chi connectivity index (χ1) is 12.5. The van der Waals surface area contributed by atoms with Gasteiger partial charge in [-0.25, -0.2) is 8.42 Å². The number of anilines is 1. The Morgan fingerprint density at radius 1 is 1.12 bits per heavy atom. The average Bonchev–Trinajstić information content (AvgIpc) is 2.65. The number of nitrogens with one attached hydrogen (secondary N) is 2. The lowest BCUT2D eigenvalue weighted by Crippen LogP contribution is -2.40. The molecule has 1 amide bonds. The number of carbonyl (C=O) groups excluding carboxylic acids is 1. The molecule has 0 spiro atoms. The topological polar surface area (TPSA) is 75.3 Å². The predicted molar refractivity (Wildman–Crippen MR) is 106 cm³/mol. The van der Waals surface area contributed by atoms with E-state index in [1.54, 1.807) is 54.6 Å². The van der Waals surface area contributed by atoms with Gasteiger partial charge in [-0.05, 0) is 23.8 Å². The Morgan fingerprint density at radius 2 is 1.85 bits per heavy atom. The van der Waals surface area contributed by atoms with E-state index in [-0.39, 0.29) is 22.6 Å². The first-order valence-corrected chi connectivity index (χ1v) is 11.3. The molecular formula is C19H22N2O3S2. The smallest absolute Gasteiger partial charge is 0.225 e. The van der Waals surface area contributed by atoms with Gasteiger partial charge in [-0.2, -0.15) is 11.8 Å². The zero-order chi connectivity index (χ0) is 18.4. The molecule has 1 saturated heterocycles. The highest BCUT2D eigenvalue weighted by Crippen LogP contribution is 2.22. The minimum Gasteiger partial charge on any atom is -0.326 e. The summed E-state index contributed by atoms with van der Waals surface area (Å²) < 4.78 is 25.3. The van der Waals surface area contributed by atoms with E-state index in [0.717, 1.165) is 18.1 Å². The van der Waals surface area contributed by atoms with E-state index >= 15 is 0 Å². The minimum atomic E-state index is -3.47. The van der Waals surface area contributed by atoms with Crippen molar-refractivity contribution in [2.24, 2.45) is 0 Å². The standard InChI is InChI=1S/C19H22N2O3S2/c22-19(12-16-13-25-11-10-20-16)21-18-9-5-4-6-15(18)14-26(23,24)17-7-2-1-3-8-17/h1-9,16,20H,10-14H2,(H,21,22). The molecule has 1 heterocycles. The summed E-state index contributed by atoms with van der Waals surface area (Å²) >= 11 is 1.84. The van der Waals surface area contributed by atoms with E-state index in [1.807, 2.05) is 11.8 Å². The number of hydrogen-bond acceptors (Lipinski definition) is 5. The van der Waals surface area contributed by atoms with Gasteiger partial charge in [0.05, 0.1) is 10.6 Å². The lowest BCUT2D eigenvalue weighted by molar-refractivity contribution is -0.116. The van der Waals surface area contributed by atoms with Crippen LogP contribution in [0.3, 0.4) is 0 Å². The fourth-order valence-corrected chi connectivity index (χ4v) is 5.21. The van der Waals surface area contributed by atoms with Crippen molar-refractivity contribution >= 4 is 33.2 Å². The van der Waals surface area contributed by atoms with Crippen molar-refractivity contribution in [2.45, 2.75) is 23.1 Å². The Kier molecular flexibility index (Phi) is 6.34. The van der Waals surface area contributed by atoms with Gasteiger partial charge in [-0.15, -0.1) is 0 Å². The van der Waals surface area contributed by atoms with Gasteiger partial charge in [0.1, 0.15) is 0 Å². The van der Waals surface area contributed by atoms with Crippen LogP contribution in [-0.2, 0) is 20.4 Å². The molecule has 1 atom stereocenters. The van der Waals surface area contributed by atoms with Crippen LogP contribution < -0.4 is 10.6 Å². The summed E-state index contributed by atoms with van der Waals surface area (Å²) in [4.78, 5) is 12.6. The van der Waals surface area contributed by atoms with Gasteiger partial charge in [-0.3, -0.25) is 4.79 Å². The van der Waals surface area contributed by atoms with E-state index in [4.69, 9.17) is 0 Å². The molecular weight excluding hydrogens is 368 g/mol. The number of benzene rings is 2. The number of hydrogen-bond donors (Lipinski definition) is 2. The summed E-state index contributed by atoms with van der Waals surface area (Å²) in [5.74, 6) is 1.73. The largest absolute Gasteiger partial charge is 0.326 e. The highest BCUT2D eigenvalue weighted by Gasteiger charge is 2.20. The van der Waals surface area contributed by atoms with Crippen LogP contribution in [0, 0.1) is 0 Å². The Labute approximate surface area is 158 Å². The molecule has 1 unspecified atom stereocenters. The molecule has 138 valence electrons. The van der Waals surface area contributed by atoms with E-state index in [1.165, 1.54) is 0 Å². The third-order valence-corrected chi connectivity index (χ3v) is 6.98. The third-order valence-electron chi connectivity index (χ3n) is 4.17. The summed E-state index contributed by atoms with van der Waals surface area (Å²) in [6, 6.07) is 15.6. The van der Waals surface area contributed by atoms with Crippen LogP contribution in [0.5, 0.6) is 0 Å². The maximum absolute atomic E-state index is 12.6. The van der Waals surface area contributed by atoms with Crippen LogP contribution in [0.25, 0.3) is 0 Å². The molecule has 2 N–H and O–H groups in total. The van der Waals surface area contributed by atoms with E-state index in [0.29, 0.717) is 17.7 Å². The molecule has 26 heavy (non-hydrogen) atoms. The molecule has 0 bridgehead atoms. The number of sulfone groups is 1. The normalized spacial score (nSPS) is 17.6. The van der Waals surface area contributed by atoms with Crippen molar-refractivity contribution in [3.05, 3.63) is 60.2 Å². The molecule has 0 aromatic heterocycles. The predicted octanol–water partition coefficient (Wildman–Crippen LogP) is 2.69. The number of amides is 1. The van der Waals surface area contributed by atoms with Crippen molar-refractivity contribution in [2.75, 3.05) is 23.4 Å². The maximum atomic E-state index is 12.6. The monoisotopic (exact) mass is 390 g/mol. The first-order valence-electron chi connectivity index (χ1n) is 8.51. The first kappa shape index (κ1) is 18.9. The Hall–Kier alpha value is -1.83. The maximum Gasteiger partial charge on any atom is 0.225 e. The molecule has 2 aromatic rings. The average molecular weight is 391 g/mol. The minimum absolute atomic E-state index is 0.102. The molecule has 3 rings (SSSR count). The molecule has 0 radical (unpaired) electrons. The molecule has 0 aliphatic carbocycles. The zero-order valence-electron chi connectivity index (χ0n) is 14.4. The quantitative estimate of drug-likeness (QED) is 0.793. The summed E-state index contributed by atoms with van der Waals surface area (Å²) in [5.41, 5.74) is 1.15. The van der Waals surface area contributed by atoms with Crippen LogP contribution in [0.1, 0.15) is 12.0 Å². The SMILES string of the molecule is O=C(CC1CSCCN1)Nc1ccccc1CS(=O)(=O)c1ccccc1. The van der Waals surface area contributed by atoms with E-state index < -0.39 is 9.84 Å².